The molecule has 25 heavy (non-hydrogen) atoms. The molecule has 136 valence electrons. The number of hydrogen-bond donors (Lipinski definition) is 1. The first-order valence-electron chi connectivity index (χ1n) is 8.75. The summed E-state index contributed by atoms with van der Waals surface area (Å²) in [6.45, 7) is 7.24. The lowest BCUT2D eigenvalue weighted by Gasteiger charge is -2.28. The van der Waals surface area contributed by atoms with Crippen molar-refractivity contribution >= 4 is 5.91 Å². The average Bonchev–Trinajstić information content (AvgIpc) is 3.29. The number of rotatable bonds is 6. The molecular formula is C17H24N4O4. The smallest absolute Gasteiger partial charge is 0.273 e. The van der Waals surface area contributed by atoms with Gasteiger partial charge in [0.15, 0.2) is 17.4 Å². The van der Waals surface area contributed by atoms with E-state index in [1.54, 1.807) is 0 Å². The molecule has 0 aromatic carbocycles. The van der Waals surface area contributed by atoms with Crippen LogP contribution in [-0.4, -0.2) is 34.2 Å². The van der Waals surface area contributed by atoms with Gasteiger partial charge in [-0.3, -0.25) is 4.79 Å². The highest BCUT2D eigenvalue weighted by Crippen LogP contribution is 2.30. The third-order valence-electron chi connectivity index (χ3n) is 4.35. The van der Waals surface area contributed by atoms with Gasteiger partial charge in [0.25, 0.3) is 5.91 Å². The van der Waals surface area contributed by atoms with Crippen molar-refractivity contribution < 1.29 is 18.5 Å². The SMILES string of the molecule is CCc1nc(C(=O)NC(c2nc(C(C)C)no2)C2CCOCC2)co1. The first-order valence-corrected chi connectivity index (χ1v) is 8.75. The Balaban J connectivity index is 1.81. The molecule has 1 saturated heterocycles. The van der Waals surface area contributed by atoms with E-state index in [9.17, 15) is 4.79 Å². The van der Waals surface area contributed by atoms with E-state index < -0.39 is 0 Å². The summed E-state index contributed by atoms with van der Waals surface area (Å²) in [7, 11) is 0. The van der Waals surface area contributed by atoms with Crippen molar-refractivity contribution in [3.8, 4) is 0 Å². The van der Waals surface area contributed by atoms with Gasteiger partial charge < -0.3 is 19.0 Å². The van der Waals surface area contributed by atoms with Crippen molar-refractivity contribution in [1.82, 2.24) is 20.4 Å². The van der Waals surface area contributed by atoms with Gasteiger partial charge >= 0.3 is 0 Å². The third-order valence-corrected chi connectivity index (χ3v) is 4.35. The summed E-state index contributed by atoms with van der Waals surface area (Å²) >= 11 is 0. The van der Waals surface area contributed by atoms with Gasteiger partial charge in [-0.25, -0.2) is 4.98 Å². The molecule has 0 aliphatic carbocycles. The lowest BCUT2D eigenvalue weighted by Crippen LogP contribution is -2.36. The fraction of sp³-hybridized carbons (Fsp3) is 0.647. The Hall–Kier alpha value is -2.22. The lowest BCUT2D eigenvalue weighted by molar-refractivity contribution is 0.0467. The number of ether oxygens (including phenoxy) is 1. The van der Waals surface area contributed by atoms with E-state index >= 15 is 0 Å². The fourth-order valence-electron chi connectivity index (χ4n) is 2.83. The zero-order chi connectivity index (χ0) is 17.8. The molecule has 8 heteroatoms. The fourth-order valence-corrected chi connectivity index (χ4v) is 2.83. The van der Waals surface area contributed by atoms with Crippen LogP contribution in [0.3, 0.4) is 0 Å². The maximum Gasteiger partial charge on any atom is 0.273 e. The third kappa shape index (κ3) is 4.07. The molecule has 1 amide bonds. The molecule has 0 bridgehead atoms. The summed E-state index contributed by atoms with van der Waals surface area (Å²) in [6.07, 6.45) is 3.66. The summed E-state index contributed by atoms with van der Waals surface area (Å²) in [4.78, 5) is 21.2. The Bertz CT molecular complexity index is 703. The predicted molar refractivity (Wildman–Crippen MR) is 88.0 cm³/mol. The highest BCUT2D eigenvalue weighted by atomic mass is 16.5. The highest BCUT2D eigenvalue weighted by Gasteiger charge is 2.32. The molecule has 1 aliphatic heterocycles. The molecule has 0 spiro atoms. The van der Waals surface area contributed by atoms with Crippen LogP contribution in [0.2, 0.25) is 0 Å². The van der Waals surface area contributed by atoms with E-state index in [4.69, 9.17) is 13.7 Å². The van der Waals surface area contributed by atoms with Crippen LogP contribution in [0.15, 0.2) is 15.2 Å². The number of carbonyl (C=O) groups is 1. The van der Waals surface area contributed by atoms with Crippen molar-refractivity contribution in [3.05, 3.63) is 29.6 Å². The summed E-state index contributed by atoms with van der Waals surface area (Å²) < 4.78 is 16.1. The Labute approximate surface area is 146 Å². The Morgan fingerprint density at radius 2 is 2.08 bits per heavy atom. The van der Waals surface area contributed by atoms with E-state index in [1.807, 2.05) is 20.8 Å². The van der Waals surface area contributed by atoms with Crippen LogP contribution in [0.5, 0.6) is 0 Å². The zero-order valence-electron chi connectivity index (χ0n) is 14.8. The second-order valence-corrected chi connectivity index (χ2v) is 6.53. The summed E-state index contributed by atoms with van der Waals surface area (Å²) in [5, 5.41) is 7.02. The van der Waals surface area contributed by atoms with Crippen LogP contribution in [0, 0.1) is 5.92 Å². The van der Waals surface area contributed by atoms with E-state index in [2.05, 4.69) is 20.4 Å². The van der Waals surface area contributed by atoms with Gasteiger partial charge in [-0.15, -0.1) is 0 Å². The van der Waals surface area contributed by atoms with E-state index in [1.165, 1.54) is 6.26 Å². The summed E-state index contributed by atoms with van der Waals surface area (Å²) in [5.41, 5.74) is 0.262. The van der Waals surface area contributed by atoms with Crippen molar-refractivity contribution in [1.29, 1.82) is 0 Å². The van der Waals surface area contributed by atoms with Gasteiger partial charge in [0.2, 0.25) is 5.89 Å². The van der Waals surface area contributed by atoms with Crippen molar-refractivity contribution in [2.75, 3.05) is 13.2 Å². The van der Waals surface area contributed by atoms with Crippen LogP contribution in [-0.2, 0) is 11.2 Å². The molecule has 1 atom stereocenters. The predicted octanol–water partition coefficient (Wildman–Crippen LogP) is 2.64. The average molecular weight is 348 g/mol. The zero-order valence-corrected chi connectivity index (χ0v) is 14.8. The Kier molecular flexibility index (Phi) is 5.47. The second-order valence-electron chi connectivity index (χ2n) is 6.53. The normalized spacial score (nSPS) is 17.0. The molecule has 3 rings (SSSR count). The molecule has 3 heterocycles. The maximum absolute atomic E-state index is 12.6. The Morgan fingerprint density at radius 1 is 1.32 bits per heavy atom. The van der Waals surface area contributed by atoms with Gasteiger partial charge in [-0.1, -0.05) is 25.9 Å². The minimum Gasteiger partial charge on any atom is -0.448 e. The van der Waals surface area contributed by atoms with Gasteiger partial charge in [-0.05, 0) is 18.8 Å². The number of amides is 1. The van der Waals surface area contributed by atoms with Crippen LogP contribution >= 0.6 is 0 Å². The molecule has 2 aromatic rings. The number of oxazole rings is 1. The van der Waals surface area contributed by atoms with Crippen LogP contribution in [0.25, 0.3) is 0 Å². The van der Waals surface area contributed by atoms with Gasteiger partial charge in [0.05, 0.1) is 0 Å². The first-order chi connectivity index (χ1) is 12.1. The van der Waals surface area contributed by atoms with Gasteiger partial charge in [0, 0.05) is 25.6 Å². The first kappa shape index (κ1) is 17.6. The quantitative estimate of drug-likeness (QED) is 0.856. The van der Waals surface area contributed by atoms with Gasteiger partial charge in [-0.2, -0.15) is 4.98 Å². The van der Waals surface area contributed by atoms with Crippen LogP contribution < -0.4 is 5.32 Å². The minimum atomic E-state index is -0.363. The highest BCUT2D eigenvalue weighted by molar-refractivity contribution is 5.92. The van der Waals surface area contributed by atoms with E-state index in [0.717, 1.165) is 12.8 Å². The van der Waals surface area contributed by atoms with Gasteiger partial charge in [0.1, 0.15) is 12.3 Å². The minimum absolute atomic E-state index is 0.159. The molecule has 1 aliphatic rings. The number of aryl methyl sites for hydroxylation is 1. The van der Waals surface area contributed by atoms with Crippen LogP contribution in [0.1, 0.15) is 73.7 Å². The Morgan fingerprint density at radius 3 is 2.68 bits per heavy atom. The molecule has 1 unspecified atom stereocenters. The lowest BCUT2D eigenvalue weighted by atomic mass is 9.91. The number of nitrogens with one attached hydrogen (secondary N) is 1. The van der Waals surface area contributed by atoms with Crippen LogP contribution in [0.4, 0.5) is 0 Å². The molecule has 1 fully saturated rings. The number of hydrogen-bond acceptors (Lipinski definition) is 7. The number of carbonyl (C=O) groups excluding carboxylic acids is 1. The van der Waals surface area contributed by atoms with E-state index in [-0.39, 0.29) is 29.5 Å². The van der Waals surface area contributed by atoms with E-state index in [0.29, 0.717) is 37.2 Å². The summed E-state index contributed by atoms with van der Waals surface area (Å²) in [6, 6.07) is -0.363. The molecular weight excluding hydrogens is 324 g/mol. The molecule has 0 saturated carbocycles. The molecule has 0 radical (unpaired) electrons. The largest absolute Gasteiger partial charge is 0.448 e. The molecule has 1 N–H and O–H groups in total. The molecule has 2 aromatic heterocycles. The molecule has 8 nitrogen and oxygen atoms in total. The second kappa shape index (κ2) is 7.77. The topological polar surface area (TPSA) is 103 Å². The maximum atomic E-state index is 12.6. The van der Waals surface area contributed by atoms with Crippen molar-refractivity contribution in [3.63, 3.8) is 0 Å². The van der Waals surface area contributed by atoms with Crippen molar-refractivity contribution in [2.45, 2.75) is 52.0 Å². The number of aromatic nitrogens is 3. The standard InChI is InChI=1S/C17H24N4O4/c1-4-13-18-12(9-24-13)16(22)19-14(11-5-7-23-8-6-11)17-20-15(10(2)3)21-25-17/h9-11,14H,4-8H2,1-3H3,(H,19,22). The number of nitrogens with zero attached hydrogens (tertiary/aromatic N) is 3. The monoisotopic (exact) mass is 348 g/mol. The summed E-state index contributed by atoms with van der Waals surface area (Å²) in [5.74, 6) is 1.64. The van der Waals surface area contributed by atoms with Crippen molar-refractivity contribution in [2.24, 2.45) is 5.92 Å².